The number of rotatable bonds is 11. The average Bonchev–Trinajstić information content (AvgIpc) is 3.63. The molecule has 0 amide bonds. The predicted molar refractivity (Wildman–Crippen MR) is 138 cm³/mol. The van der Waals surface area contributed by atoms with Crippen molar-refractivity contribution in [2.45, 2.75) is 62.7 Å². The minimum absolute atomic E-state index is 0.0571. The number of hydrogen-bond acceptors (Lipinski definition) is 7. The Bertz CT molecular complexity index is 1140. The molecule has 0 radical (unpaired) electrons. The third-order valence-corrected chi connectivity index (χ3v) is 13.0. The highest BCUT2D eigenvalue weighted by atomic mass is 32.2. The van der Waals surface area contributed by atoms with E-state index in [0.717, 1.165) is 28.6 Å². The monoisotopic (exact) mass is 521 g/mol. The lowest BCUT2D eigenvalue weighted by Gasteiger charge is -2.37. The molecule has 1 heterocycles. The Kier molecular flexibility index (Phi) is 8.17. The van der Waals surface area contributed by atoms with Crippen molar-refractivity contribution in [3.8, 4) is 0 Å². The molecule has 1 unspecified atom stereocenters. The highest BCUT2D eigenvalue weighted by Crippen LogP contribution is 2.42. The molecule has 0 N–H and O–H groups in total. The van der Waals surface area contributed by atoms with E-state index in [0.29, 0.717) is 6.61 Å². The van der Waals surface area contributed by atoms with Crippen LogP contribution in [0.4, 0.5) is 5.69 Å². The number of dihydropyridines is 1. The molecule has 3 rings (SSSR count). The van der Waals surface area contributed by atoms with Crippen LogP contribution in [-0.2, 0) is 19.3 Å². The number of para-hydroxylation sites is 1. The first-order valence-electron chi connectivity index (χ1n) is 11.7. The Hall–Kier alpha value is -2.18. The van der Waals surface area contributed by atoms with Crippen LogP contribution >= 0.6 is 0 Å². The summed E-state index contributed by atoms with van der Waals surface area (Å²) in [4.78, 5) is 20.7. The van der Waals surface area contributed by atoms with Gasteiger partial charge in [-0.15, -0.1) is 6.58 Å². The summed E-state index contributed by atoms with van der Waals surface area (Å²) in [6, 6.07) is 4.58. The fraction of sp³-hybridized carbons (Fsp3) is 0.542. The highest BCUT2D eigenvalue weighted by Gasteiger charge is 2.44. The van der Waals surface area contributed by atoms with E-state index < -0.39 is 39.9 Å². The molecule has 192 valence electrons. The van der Waals surface area contributed by atoms with Crippen molar-refractivity contribution in [3.63, 3.8) is 0 Å². The standard InChI is InChI=1S/C24H35N3O6SSi/c1-7-14-32-27(34(30,31)23-11-9-8-10-21(23)26(28)29)22-16-25-19(15-20(22)18-12-13-18)17-33-35(5,6)24(2,3)4/h7-11,15,18,22H,1,12-14,16-17H2,2-6H3. The van der Waals surface area contributed by atoms with Crippen LogP contribution in [0.3, 0.4) is 0 Å². The van der Waals surface area contributed by atoms with E-state index in [1.807, 2.05) is 6.08 Å². The van der Waals surface area contributed by atoms with Crippen LogP contribution in [0.5, 0.6) is 0 Å². The Morgan fingerprint density at radius 1 is 1.29 bits per heavy atom. The SMILES string of the molecule is C=CCON(C1CN=C(CO[Si](C)(C)C(C)(C)C)C=C1C1CC1)S(=O)(=O)c1ccccc1[N+](=O)[O-]. The summed E-state index contributed by atoms with van der Waals surface area (Å²) in [5.74, 6) is 0.217. The Balaban J connectivity index is 1.94. The van der Waals surface area contributed by atoms with Crippen LogP contribution in [0, 0.1) is 16.0 Å². The van der Waals surface area contributed by atoms with Gasteiger partial charge in [0.15, 0.2) is 13.2 Å². The minimum Gasteiger partial charge on any atom is -0.411 e. The molecule has 35 heavy (non-hydrogen) atoms. The number of benzene rings is 1. The number of hydroxylamine groups is 1. The first-order chi connectivity index (χ1) is 16.3. The average molecular weight is 522 g/mol. The van der Waals surface area contributed by atoms with Gasteiger partial charge in [-0.05, 0) is 54.6 Å². The van der Waals surface area contributed by atoms with E-state index in [1.54, 1.807) is 0 Å². The van der Waals surface area contributed by atoms with Gasteiger partial charge in [0.25, 0.3) is 15.7 Å². The van der Waals surface area contributed by atoms with E-state index in [4.69, 9.17) is 9.26 Å². The lowest BCUT2D eigenvalue weighted by Crippen LogP contribution is -2.46. The van der Waals surface area contributed by atoms with Gasteiger partial charge in [0.2, 0.25) is 0 Å². The maximum absolute atomic E-state index is 13.7. The van der Waals surface area contributed by atoms with E-state index >= 15 is 0 Å². The lowest BCUT2D eigenvalue weighted by atomic mass is 9.98. The molecule has 1 aliphatic heterocycles. The van der Waals surface area contributed by atoms with Gasteiger partial charge in [0.1, 0.15) is 0 Å². The van der Waals surface area contributed by atoms with Crippen molar-refractivity contribution in [2.75, 3.05) is 19.8 Å². The quantitative estimate of drug-likeness (QED) is 0.177. The zero-order valence-corrected chi connectivity index (χ0v) is 22.9. The van der Waals surface area contributed by atoms with Crippen LogP contribution in [-0.4, -0.2) is 57.6 Å². The number of nitro groups is 1. The maximum Gasteiger partial charge on any atom is 0.289 e. The molecule has 2 aliphatic rings. The van der Waals surface area contributed by atoms with Crippen molar-refractivity contribution in [3.05, 3.63) is 58.7 Å². The van der Waals surface area contributed by atoms with Crippen molar-refractivity contribution in [1.29, 1.82) is 0 Å². The van der Waals surface area contributed by atoms with Crippen LogP contribution in [0.1, 0.15) is 33.6 Å². The largest absolute Gasteiger partial charge is 0.411 e. The summed E-state index contributed by atoms with van der Waals surface area (Å²) >= 11 is 0. The van der Waals surface area contributed by atoms with Gasteiger partial charge in [0.05, 0.1) is 36.4 Å². The Morgan fingerprint density at radius 3 is 2.51 bits per heavy atom. The lowest BCUT2D eigenvalue weighted by molar-refractivity contribution is -0.387. The molecule has 0 saturated heterocycles. The molecule has 0 spiro atoms. The molecule has 1 aliphatic carbocycles. The molecule has 0 bridgehead atoms. The van der Waals surface area contributed by atoms with Gasteiger partial charge in [-0.1, -0.05) is 43.4 Å². The van der Waals surface area contributed by atoms with Gasteiger partial charge in [0, 0.05) is 6.07 Å². The number of hydrogen-bond donors (Lipinski definition) is 0. The van der Waals surface area contributed by atoms with Gasteiger partial charge in [-0.25, -0.2) is 8.42 Å². The first kappa shape index (κ1) is 27.4. The number of aliphatic imine (C=N–C) groups is 1. The summed E-state index contributed by atoms with van der Waals surface area (Å²) in [5.41, 5.74) is 1.18. The van der Waals surface area contributed by atoms with E-state index in [-0.39, 0.29) is 24.1 Å². The second-order valence-electron chi connectivity index (χ2n) is 10.4. The van der Waals surface area contributed by atoms with Crippen LogP contribution in [0.25, 0.3) is 0 Å². The molecule has 9 nitrogen and oxygen atoms in total. The smallest absolute Gasteiger partial charge is 0.289 e. The predicted octanol–water partition coefficient (Wildman–Crippen LogP) is 4.88. The molecule has 1 atom stereocenters. The molecule has 0 aromatic heterocycles. The Morgan fingerprint density at radius 2 is 1.94 bits per heavy atom. The van der Waals surface area contributed by atoms with Gasteiger partial charge in [-0.2, -0.15) is 0 Å². The van der Waals surface area contributed by atoms with Crippen LogP contribution in [0.15, 0.2) is 58.5 Å². The van der Waals surface area contributed by atoms with Gasteiger partial charge < -0.3 is 4.43 Å². The van der Waals surface area contributed by atoms with Gasteiger partial charge in [-0.3, -0.25) is 19.9 Å². The number of nitrogens with zero attached hydrogens (tertiary/aromatic N) is 3. The zero-order chi connectivity index (χ0) is 26.0. The van der Waals surface area contributed by atoms with E-state index in [9.17, 15) is 18.5 Å². The van der Waals surface area contributed by atoms with Crippen molar-refractivity contribution in [1.82, 2.24) is 4.47 Å². The molecule has 1 fully saturated rings. The molecule has 1 saturated carbocycles. The van der Waals surface area contributed by atoms with E-state index in [2.05, 4.69) is 45.4 Å². The second-order valence-corrected chi connectivity index (χ2v) is 16.9. The number of sulfonamides is 1. The van der Waals surface area contributed by atoms with Crippen molar-refractivity contribution in [2.24, 2.45) is 10.9 Å². The van der Waals surface area contributed by atoms with Crippen LogP contribution in [0.2, 0.25) is 18.1 Å². The fourth-order valence-electron chi connectivity index (χ4n) is 3.57. The summed E-state index contributed by atoms with van der Waals surface area (Å²) in [6.07, 6.45) is 5.25. The maximum atomic E-state index is 13.7. The minimum atomic E-state index is -4.37. The second kappa shape index (κ2) is 10.4. The molecule has 11 heteroatoms. The molecule has 1 aromatic carbocycles. The van der Waals surface area contributed by atoms with Crippen molar-refractivity contribution >= 4 is 29.7 Å². The summed E-state index contributed by atoms with van der Waals surface area (Å²) < 4.78 is 34.6. The Labute approximate surface area is 208 Å². The fourth-order valence-corrected chi connectivity index (χ4v) is 6.09. The third kappa shape index (κ3) is 6.15. The zero-order valence-electron chi connectivity index (χ0n) is 21.1. The third-order valence-electron chi connectivity index (χ3n) is 6.77. The molecular weight excluding hydrogens is 486 g/mol. The van der Waals surface area contributed by atoms with Gasteiger partial charge >= 0.3 is 0 Å². The van der Waals surface area contributed by atoms with Crippen LogP contribution < -0.4 is 0 Å². The van der Waals surface area contributed by atoms with E-state index in [1.165, 1.54) is 30.3 Å². The topological polar surface area (TPSA) is 111 Å². The normalized spacial score (nSPS) is 19.3. The summed E-state index contributed by atoms with van der Waals surface area (Å²) in [7, 11) is -6.36. The highest BCUT2D eigenvalue weighted by molar-refractivity contribution is 7.89. The molecular formula is C24H35N3O6SSi. The summed E-state index contributed by atoms with van der Waals surface area (Å²) in [6.45, 7) is 14.9. The van der Waals surface area contributed by atoms with Crippen molar-refractivity contribution < 1.29 is 22.6 Å². The first-order valence-corrected chi connectivity index (χ1v) is 16.0. The summed E-state index contributed by atoms with van der Waals surface area (Å²) in [5, 5.41) is 11.6. The number of nitro benzene ring substituents is 1. The molecule has 1 aromatic rings.